The molecule has 0 aromatic carbocycles. The van der Waals surface area contributed by atoms with Crippen molar-refractivity contribution in [2.24, 2.45) is 0 Å². The van der Waals surface area contributed by atoms with Gasteiger partial charge in [-0.1, -0.05) is 50.0 Å². The van der Waals surface area contributed by atoms with Crippen LogP contribution in [0.2, 0.25) is 0 Å². The van der Waals surface area contributed by atoms with Crippen molar-refractivity contribution in [2.45, 2.75) is 90.0 Å². The molecule has 27 heavy (non-hydrogen) atoms. The molecule has 0 aromatic heterocycles. The summed E-state index contributed by atoms with van der Waals surface area (Å²) in [5.74, 6) is 6.52. The van der Waals surface area contributed by atoms with Crippen molar-refractivity contribution in [1.29, 1.82) is 0 Å². The van der Waals surface area contributed by atoms with E-state index < -0.39 is 0 Å². The topological polar surface area (TPSA) is 58.2 Å². The summed E-state index contributed by atoms with van der Waals surface area (Å²) in [5.41, 5.74) is 0. The molecular formula is C23H36N2O2. The fraction of sp³-hybridized carbons (Fsp3) is 0.652. The average molecular weight is 373 g/mol. The molecule has 150 valence electrons. The number of allylic oxidation sites excluding steroid dienone is 4. The summed E-state index contributed by atoms with van der Waals surface area (Å²) in [5, 5.41) is 5.91. The molecule has 2 amide bonds. The molecule has 1 rings (SSSR count). The molecule has 0 saturated heterocycles. The quantitative estimate of drug-likeness (QED) is 0.269. The fourth-order valence-electron chi connectivity index (χ4n) is 2.49. The first-order chi connectivity index (χ1) is 13.2. The van der Waals surface area contributed by atoms with Gasteiger partial charge in [-0.2, -0.15) is 0 Å². The molecule has 0 aromatic rings. The van der Waals surface area contributed by atoms with Crippen molar-refractivity contribution in [3.63, 3.8) is 0 Å². The Bertz CT molecular complexity index is 536. The van der Waals surface area contributed by atoms with Gasteiger partial charge >= 0.3 is 0 Å². The summed E-state index contributed by atoms with van der Waals surface area (Å²) in [6, 6.07) is 0.468. The molecule has 1 saturated carbocycles. The molecule has 0 aliphatic heterocycles. The van der Waals surface area contributed by atoms with Crippen LogP contribution in [0.25, 0.3) is 0 Å². The van der Waals surface area contributed by atoms with Crippen molar-refractivity contribution >= 4 is 11.8 Å². The van der Waals surface area contributed by atoms with Gasteiger partial charge in [0.05, 0.1) is 0 Å². The number of amides is 2. The zero-order valence-corrected chi connectivity index (χ0v) is 16.9. The third kappa shape index (κ3) is 15.9. The number of hydrogen-bond donors (Lipinski definition) is 2. The van der Waals surface area contributed by atoms with Crippen molar-refractivity contribution < 1.29 is 9.59 Å². The van der Waals surface area contributed by atoms with E-state index >= 15 is 0 Å². The summed E-state index contributed by atoms with van der Waals surface area (Å²) < 4.78 is 0. The predicted molar refractivity (Wildman–Crippen MR) is 112 cm³/mol. The minimum absolute atomic E-state index is 0.139. The van der Waals surface area contributed by atoms with Crippen molar-refractivity contribution in [3.05, 3.63) is 24.3 Å². The van der Waals surface area contributed by atoms with Crippen LogP contribution in [0.1, 0.15) is 84.0 Å². The molecule has 0 radical (unpaired) electrons. The highest BCUT2D eigenvalue weighted by atomic mass is 16.2. The molecule has 0 atom stereocenters. The minimum atomic E-state index is 0.139. The normalized spacial score (nSPS) is 13.5. The van der Waals surface area contributed by atoms with Gasteiger partial charge in [0.25, 0.3) is 0 Å². The Morgan fingerprint density at radius 2 is 1.74 bits per heavy atom. The summed E-state index contributed by atoms with van der Waals surface area (Å²) in [7, 11) is 0. The molecule has 0 heterocycles. The lowest BCUT2D eigenvalue weighted by Gasteiger charge is -2.01. The Labute approximate surface area is 165 Å². The Balaban J connectivity index is 1.88. The van der Waals surface area contributed by atoms with E-state index in [0.717, 1.165) is 57.8 Å². The van der Waals surface area contributed by atoms with Crippen LogP contribution in [-0.4, -0.2) is 24.4 Å². The molecule has 2 N–H and O–H groups in total. The van der Waals surface area contributed by atoms with Crippen LogP contribution in [0.4, 0.5) is 0 Å². The third-order valence-corrected chi connectivity index (χ3v) is 4.25. The van der Waals surface area contributed by atoms with Crippen molar-refractivity contribution in [3.8, 4) is 11.8 Å². The maximum absolute atomic E-state index is 11.5. The Kier molecular flexibility index (Phi) is 13.8. The van der Waals surface area contributed by atoms with Gasteiger partial charge in [-0.3, -0.25) is 9.59 Å². The lowest BCUT2D eigenvalue weighted by atomic mass is 10.2. The molecule has 4 heteroatoms. The van der Waals surface area contributed by atoms with Gasteiger partial charge in [-0.15, -0.1) is 5.92 Å². The molecular weight excluding hydrogens is 336 g/mol. The van der Waals surface area contributed by atoms with Crippen LogP contribution < -0.4 is 10.6 Å². The summed E-state index contributed by atoms with van der Waals surface area (Å²) in [6.45, 7) is 2.78. The number of hydrogen-bond acceptors (Lipinski definition) is 2. The smallest absolute Gasteiger partial charge is 0.220 e. The van der Waals surface area contributed by atoms with Crippen LogP contribution in [0, 0.1) is 11.8 Å². The lowest BCUT2D eigenvalue weighted by molar-refractivity contribution is -0.122. The Morgan fingerprint density at radius 1 is 0.963 bits per heavy atom. The molecule has 0 spiro atoms. The highest BCUT2D eigenvalue weighted by Gasteiger charge is 2.22. The second kappa shape index (κ2) is 16.2. The molecule has 4 nitrogen and oxygen atoms in total. The van der Waals surface area contributed by atoms with Crippen molar-refractivity contribution in [2.75, 3.05) is 6.54 Å². The number of nitrogens with one attached hydrogen (secondary N) is 2. The van der Waals surface area contributed by atoms with Crippen molar-refractivity contribution in [1.82, 2.24) is 10.6 Å². The van der Waals surface area contributed by atoms with E-state index in [1.807, 2.05) is 0 Å². The first-order valence-corrected chi connectivity index (χ1v) is 10.5. The van der Waals surface area contributed by atoms with Gasteiger partial charge in [0.1, 0.15) is 0 Å². The third-order valence-electron chi connectivity index (χ3n) is 4.25. The van der Waals surface area contributed by atoms with E-state index in [1.165, 1.54) is 0 Å². The van der Waals surface area contributed by atoms with Gasteiger partial charge in [0.2, 0.25) is 11.8 Å². The van der Waals surface area contributed by atoms with Crippen LogP contribution in [0.15, 0.2) is 24.3 Å². The first kappa shape index (κ1) is 23.0. The Hall–Kier alpha value is -2.02. The zero-order chi connectivity index (χ0) is 19.6. The largest absolute Gasteiger partial charge is 0.355 e. The van der Waals surface area contributed by atoms with Gasteiger partial charge in [-0.05, 0) is 38.5 Å². The molecule has 0 unspecified atom stereocenters. The standard InChI is InChI=1S/C23H36N2O2/c1-2-3-13-16-22(26)24-20-15-12-10-8-6-4-5-7-9-11-14-17-23(27)25-21-18-19-21/h4,6-7,9,21H,2-3,5,8,11,13-20H2,1H3,(H,24,26)(H,25,27)/b6-4-,9-7-. The Morgan fingerprint density at radius 3 is 2.52 bits per heavy atom. The molecule has 1 fully saturated rings. The zero-order valence-electron chi connectivity index (χ0n) is 16.9. The van der Waals surface area contributed by atoms with E-state index in [1.54, 1.807) is 0 Å². The minimum Gasteiger partial charge on any atom is -0.355 e. The first-order valence-electron chi connectivity index (χ1n) is 10.5. The van der Waals surface area contributed by atoms with Crippen LogP contribution in [0.3, 0.4) is 0 Å². The van der Waals surface area contributed by atoms with Gasteiger partial charge in [0, 0.05) is 38.3 Å². The maximum atomic E-state index is 11.5. The highest BCUT2D eigenvalue weighted by molar-refractivity contribution is 5.76. The van der Waals surface area contributed by atoms with Crippen LogP contribution in [0.5, 0.6) is 0 Å². The molecule has 1 aliphatic carbocycles. The number of carbonyl (C=O) groups excluding carboxylic acids is 2. The second-order valence-corrected chi connectivity index (χ2v) is 7.03. The average Bonchev–Trinajstić information content (AvgIpc) is 3.46. The SMILES string of the molecule is CCCCCC(=O)NCCC#CC/C=C\C/C=C\CCCC(=O)NC1CC1. The highest BCUT2D eigenvalue weighted by Crippen LogP contribution is 2.18. The maximum Gasteiger partial charge on any atom is 0.220 e. The van der Waals surface area contributed by atoms with Gasteiger partial charge in [-0.25, -0.2) is 0 Å². The van der Waals surface area contributed by atoms with E-state index in [2.05, 4.69) is 53.7 Å². The second-order valence-electron chi connectivity index (χ2n) is 7.03. The van der Waals surface area contributed by atoms with E-state index in [-0.39, 0.29) is 11.8 Å². The molecule has 0 bridgehead atoms. The lowest BCUT2D eigenvalue weighted by Crippen LogP contribution is -2.24. The summed E-state index contributed by atoms with van der Waals surface area (Å²) in [4.78, 5) is 23.0. The predicted octanol–water partition coefficient (Wildman–Crippen LogP) is 4.42. The summed E-state index contributed by atoms with van der Waals surface area (Å²) >= 11 is 0. The monoisotopic (exact) mass is 372 g/mol. The number of carbonyl (C=O) groups is 2. The van der Waals surface area contributed by atoms with E-state index in [0.29, 0.717) is 31.8 Å². The van der Waals surface area contributed by atoms with Gasteiger partial charge < -0.3 is 10.6 Å². The fourth-order valence-corrected chi connectivity index (χ4v) is 2.49. The van der Waals surface area contributed by atoms with E-state index in [4.69, 9.17) is 0 Å². The van der Waals surface area contributed by atoms with Crippen LogP contribution >= 0.6 is 0 Å². The number of rotatable bonds is 14. The summed E-state index contributed by atoms with van der Waals surface area (Å²) in [6.07, 6.45) is 19.5. The number of unbranched alkanes of at least 4 members (excludes halogenated alkanes) is 3. The van der Waals surface area contributed by atoms with E-state index in [9.17, 15) is 9.59 Å². The van der Waals surface area contributed by atoms with Crippen LogP contribution in [-0.2, 0) is 9.59 Å². The molecule has 1 aliphatic rings. The van der Waals surface area contributed by atoms with Gasteiger partial charge in [0.15, 0.2) is 0 Å².